The second-order valence-electron chi connectivity index (χ2n) is 14.2. The number of fused-ring (bicyclic) bond motifs is 6. The molecule has 4 heterocycles. The SMILES string of the molecule is c1ccc(-c2ccc(-c3ccc(N(c4ccc(-c5nccc6c5oc5ccccc56)cc4)c4ccc(-c5nccc6c5oc5ccccc56)cc4)cc3)cc2)cc1. The summed E-state index contributed by atoms with van der Waals surface area (Å²) in [6.45, 7) is 0. The fourth-order valence-electron chi connectivity index (χ4n) is 7.99. The van der Waals surface area contributed by atoms with Gasteiger partial charge in [-0.2, -0.15) is 0 Å². The molecule has 57 heavy (non-hydrogen) atoms. The van der Waals surface area contributed by atoms with Gasteiger partial charge in [0.05, 0.1) is 0 Å². The van der Waals surface area contributed by atoms with Crippen molar-refractivity contribution in [2.45, 2.75) is 0 Å². The van der Waals surface area contributed by atoms with Gasteiger partial charge in [0.25, 0.3) is 0 Å². The first-order valence-electron chi connectivity index (χ1n) is 19.0. The van der Waals surface area contributed by atoms with Crippen molar-refractivity contribution in [3.63, 3.8) is 0 Å². The smallest absolute Gasteiger partial charge is 0.161 e. The summed E-state index contributed by atoms with van der Waals surface area (Å²) in [5.74, 6) is 0. The summed E-state index contributed by atoms with van der Waals surface area (Å²) in [7, 11) is 0. The standard InChI is InChI=1S/C52H33N3O2/c1-2-8-34(9-3-1)35-14-16-36(17-15-35)37-18-24-40(25-19-37)55(41-26-20-38(21-27-41)49-51-45(30-32-53-49)43-10-4-6-12-47(43)56-51)42-28-22-39(23-29-42)50-52-46(31-33-54-50)44-11-5-7-13-48(44)57-52/h1-33H. The third-order valence-corrected chi connectivity index (χ3v) is 10.8. The van der Waals surface area contributed by atoms with E-state index in [1.807, 2.05) is 67.0 Å². The maximum absolute atomic E-state index is 6.34. The molecule has 5 heteroatoms. The lowest BCUT2D eigenvalue weighted by Crippen LogP contribution is -2.09. The number of rotatable bonds is 7. The zero-order chi connectivity index (χ0) is 37.7. The summed E-state index contributed by atoms with van der Waals surface area (Å²) >= 11 is 0. The van der Waals surface area contributed by atoms with E-state index in [0.29, 0.717) is 0 Å². The monoisotopic (exact) mass is 731 g/mol. The normalized spacial score (nSPS) is 11.5. The lowest BCUT2D eigenvalue weighted by Gasteiger charge is -2.26. The summed E-state index contributed by atoms with van der Waals surface area (Å²) in [6, 6.07) is 65.4. The molecule has 5 nitrogen and oxygen atoms in total. The molecule has 11 rings (SSSR count). The Morgan fingerprint density at radius 1 is 0.298 bits per heavy atom. The largest absolute Gasteiger partial charge is 0.454 e. The third kappa shape index (κ3) is 5.72. The van der Waals surface area contributed by atoms with Crippen LogP contribution in [0, 0.1) is 0 Å². The Balaban J connectivity index is 0.972. The zero-order valence-corrected chi connectivity index (χ0v) is 30.7. The second kappa shape index (κ2) is 13.5. The Kier molecular flexibility index (Phi) is 7.74. The maximum Gasteiger partial charge on any atom is 0.161 e. The summed E-state index contributed by atoms with van der Waals surface area (Å²) in [4.78, 5) is 11.8. The van der Waals surface area contributed by atoms with Crippen LogP contribution in [0.2, 0.25) is 0 Å². The predicted molar refractivity (Wildman–Crippen MR) is 233 cm³/mol. The van der Waals surface area contributed by atoms with Crippen molar-refractivity contribution in [2.75, 3.05) is 4.90 Å². The van der Waals surface area contributed by atoms with Crippen LogP contribution in [0.5, 0.6) is 0 Å². The van der Waals surface area contributed by atoms with Gasteiger partial charge < -0.3 is 13.7 Å². The van der Waals surface area contributed by atoms with Crippen molar-refractivity contribution in [3.8, 4) is 44.8 Å². The second-order valence-corrected chi connectivity index (χ2v) is 14.2. The molecule has 0 aliphatic heterocycles. The van der Waals surface area contributed by atoms with Gasteiger partial charge >= 0.3 is 0 Å². The number of benzene rings is 7. The predicted octanol–water partition coefficient (Wildman–Crippen LogP) is 14.4. The summed E-state index contributed by atoms with van der Waals surface area (Å²) < 4.78 is 12.7. The topological polar surface area (TPSA) is 55.3 Å². The minimum Gasteiger partial charge on any atom is -0.454 e. The fourth-order valence-corrected chi connectivity index (χ4v) is 7.99. The quantitative estimate of drug-likeness (QED) is 0.163. The first kappa shape index (κ1) is 32.7. The van der Waals surface area contributed by atoms with Gasteiger partial charge in [-0.3, -0.25) is 9.97 Å². The van der Waals surface area contributed by atoms with Crippen LogP contribution in [0.4, 0.5) is 17.1 Å². The Morgan fingerprint density at radius 3 is 1.09 bits per heavy atom. The van der Waals surface area contributed by atoms with E-state index in [2.05, 4.69) is 138 Å². The molecule has 0 saturated carbocycles. The van der Waals surface area contributed by atoms with E-state index in [9.17, 15) is 0 Å². The lowest BCUT2D eigenvalue weighted by molar-refractivity contribution is 0.668. The van der Waals surface area contributed by atoms with E-state index in [1.165, 1.54) is 16.7 Å². The lowest BCUT2D eigenvalue weighted by atomic mass is 10.00. The van der Waals surface area contributed by atoms with Crippen molar-refractivity contribution in [1.29, 1.82) is 0 Å². The molecule has 0 saturated heterocycles. The van der Waals surface area contributed by atoms with Crippen LogP contribution >= 0.6 is 0 Å². The van der Waals surface area contributed by atoms with Gasteiger partial charge in [-0.05, 0) is 82.9 Å². The van der Waals surface area contributed by atoms with Crippen LogP contribution < -0.4 is 4.90 Å². The molecule has 0 N–H and O–H groups in total. The molecule has 0 spiro atoms. The molecular formula is C52H33N3O2. The van der Waals surface area contributed by atoms with Gasteiger partial charge in [-0.1, -0.05) is 127 Å². The van der Waals surface area contributed by atoms with Crippen LogP contribution in [0.1, 0.15) is 0 Å². The number of hydrogen-bond donors (Lipinski definition) is 0. The van der Waals surface area contributed by atoms with Gasteiger partial charge in [-0.25, -0.2) is 0 Å². The molecule has 7 aromatic carbocycles. The van der Waals surface area contributed by atoms with Crippen molar-refractivity contribution < 1.29 is 8.83 Å². The molecule has 0 fully saturated rings. The molecule has 268 valence electrons. The Bertz CT molecular complexity index is 3040. The van der Waals surface area contributed by atoms with Crippen LogP contribution in [-0.2, 0) is 0 Å². The van der Waals surface area contributed by atoms with Crippen molar-refractivity contribution in [1.82, 2.24) is 9.97 Å². The highest BCUT2D eigenvalue weighted by Crippen LogP contribution is 2.40. The van der Waals surface area contributed by atoms with Gasteiger partial charge in [-0.15, -0.1) is 0 Å². The molecule has 0 atom stereocenters. The fraction of sp³-hybridized carbons (Fsp3) is 0. The first-order chi connectivity index (χ1) is 28.2. The Hall–Kier alpha value is -7.76. The van der Waals surface area contributed by atoms with E-state index in [1.54, 1.807) is 0 Å². The van der Waals surface area contributed by atoms with Crippen molar-refractivity contribution >= 4 is 60.9 Å². The highest BCUT2D eigenvalue weighted by Gasteiger charge is 2.18. The van der Waals surface area contributed by atoms with Crippen LogP contribution in [0.25, 0.3) is 88.6 Å². The highest BCUT2D eigenvalue weighted by molar-refractivity contribution is 6.09. The third-order valence-electron chi connectivity index (χ3n) is 10.8. The number of aromatic nitrogens is 2. The number of pyridine rings is 2. The average Bonchev–Trinajstić information content (AvgIpc) is 3.87. The minimum atomic E-state index is 0.791. The number of nitrogens with zero attached hydrogens (tertiary/aromatic N) is 3. The van der Waals surface area contributed by atoms with Crippen LogP contribution in [0.3, 0.4) is 0 Å². The zero-order valence-electron chi connectivity index (χ0n) is 30.7. The van der Waals surface area contributed by atoms with E-state index in [4.69, 9.17) is 18.8 Å². The average molecular weight is 732 g/mol. The molecule has 11 aromatic rings. The van der Waals surface area contributed by atoms with E-state index < -0.39 is 0 Å². The van der Waals surface area contributed by atoms with Gasteiger partial charge in [0.15, 0.2) is 11.2 Å². The minimum absolute atomic E-state index is 0.791. The highest BCUT2D eigenvalue weighted by atomic mass is 16.3. The molecule has 0 amide bonds. The van der Waals surface area contributed by atoms with Crippen molar-refractivity contribution in [2.24, 2.45) is 0 Å². The summed E-state index contributed by atoms with van der Waals surface area (Å²) in [6.07, 6.45) is 3.72. The molecule has 4 aromatic heterocycles. The molecular weight excluding hydrogens is 699 g/mol. The van der Waals surface area contributed by atoms with Crippen molar-refractivity contribution in [3.05, 3.63) is 200 Å². The van der Waals surface area contributed by atoms with Crippen LogP contribution in [-0.4, -0.2) is 9.97 Å². The van der Waals surface area contributed by atoms with Gasteiger partial charge in [0, 0.05) is 62.1 Å². The molecule has 0 bridgehead atoms. The maximum atomic E-state index is 6.34. The van der Waals surface area contributed by atoms with E-state index >= 15 is 0 Å². The molecule has 0 aliphatic carbocycles. The Morgan fingerprint density at radius 2 is 0.649 bits per heavy atom. The summed E-state index contributed by atoms with van der Waals surface area (Å²) in [5, 5.41) is 4.29. The number of hydrogen-bond acceptors (Lipinski definition) is 5. The molecule has 0 unspecified atom stereocenters. The number of anilines is 3. The first-order valence-corrected chi connectivity index (χ1v) is 19.0. The molecule has 0 aliphatic rings. The van der Waals surface area contributed by atoms with Gasteiger partial charge in [0.1, 0.15) is 22.6 Å². The summed E-state index contributed by atoms with van der Waals surface area (Å²) in [5.41, 5.74) is 14.7. The van der Waals surface area contributed by atoms with E-state index in [0.717, 1.165) is 89.0 Å². The van der Waals surface area contributed by atoms with E-state index in [-0.39, 0.29) is 0 Å². The van der Waals surface area contributed by atoms with Gasteiger partial charge in [0.2, 0.25) is 0 Å². The van der Waals surface area contributed by atoms with Crippen LogP contribution in [0.15, 0.2) is 209 Å². The molecule has 0 radical (unpaired) electrons. The number of para-hydroxylation sites is 2. The number of furan rings is 2. The Labute approximate surface area is 328 Å².